The number of ether oxygens (including phenoxy) is 1. The zero-order chi connectivity index (χ0) is 20.1. The number of nitriles is 2. The average Bonchev–Trinajstić information content (AvgIpc) is 2.97. The fourth-order valence-corrected chi connectivity index (χ4v) is 2.58. The van der Waals surface area contributed by atoms with Crippen molar-refractivity contribution in [3.63, 3.8) is 0 Å². The van der Waals surface area contributed by atoms with Crippen molar-refractivity contribution in [2.75, 3.05) is 18.5 Å². The van der Waals surface area contributed by atoms with Crippen LogP contribution in [0.15, 0.2) is 54.2 Å². The predicted octanol–water partition coefficient (Wildman–Crippen LogP) is 1.88. The van der Waals surface area contributed by atoms with Crippen molar-refractivity contribution >= 4 is 17.5 Å². The number of aliphatic hydroxyl groups is 1. The summed E-state index contributed by atoms with van der Waals surface area (Å²) in [5, 5.41) is 29.8. The third-order valence-electron chi connectivity index (χ3n) is 3.93. The molecule has 8 heteroatoms. The van der Waals surface area contributed by atoms with Crippen LogP contribution in [-0.2, 0) is 9.59 Å². The number of carbonyl (C=O) groups excluding carboxylic acids is 2. The molecule has 3 rings (SSSR count). The smallest absolute Gasteiger partial charge is 0.277 e. The first-order chi connectivity index (χ1) is 13.5. The van der Waals surface area contributed by atoms with Crippen LogP contribution in [0.2, 0.25) is 0 Å². The number of nitrogens with zero attached hydrogens (tertiary/aromatic N) is 3. The summed E-state index contributed by atoms with van der Waals surface area (Å²) < 4.78 is 5.67. The van der Waals surface area contributed by atoms with Crippen LogP contribution in [0.4, 0.5) is 5.69 Å². The van der Waals surface area contributed by atoms with Crippen molar-refractivity contribution < 1.29 is 19.4 Å². The number of nitrogens with one attached hydrogen (secondary N) is 1. The van der Waals surface area contributed by atoms with Gasteiger partial charge >= 0.3 is 0 Å². The van der Waals surface area contributed by atoms with Crippen molar-refractivity contribution in [1.29, 1.82) is 10.5 Å². The summed E-state index contributed by atoms with van der Waals surface area (Å²) in [7, 11) is 0. The number of β-amino-alcohol motifs (C(OH)–C–C–N with tert-alkyl or cyclic N) is 1. The molecular weight excluding hydrogens is 360 g/mol. The molecule has 0 atom stereocenters. The zero-order valence-electron chi connectivity index (χ0n) is 14.5. The quantitative estimate of drug-likeness (QED) is 0.739. The van der Waals surface area contributed by atoms with E-state index in [-0.39, 0.29) is 30.0 Å². The molecule has 2 amide bonds. The number of aliphatic hydroxyl groups excluding tert-OH is 1. The standard InChI is InChI=1S/C20H14N4O4/c21-11-13-1-4-17(9-14(13)12-22)28-16-5-2-15(3-6-16)23-18-10-19(26)24(7-8-25)20(18)27/h1-6,9-10,23,25H,7-8H2. The summed E-state index contributed by atoms with van der Waals surface area (Å²) in [6.45, 7) is -0.352. The van der Waals surface area contributed by atoms with Crippen molar-refractivity contribution in [2.45, 2.75) is 0 Å². The van der Waals surface area contributed by atoms with E-state index in [9.17, 15) is 9.59 Å². The second-order valence-corrected chi connectivity index (χ2v) is 5.76. The van der Waals surface area contributed by atoms with Gasteiger partial charge in [-0.25, -0.2) is 0 Å². The highest BCUT2D eigenvalue weighted by atomic mass is 16.5. The number of rotatable bonds is 6. The molecule has 2 N–H and O–H groups in total. The first-order valence-electron chi connectivity index (χ1n) is 8.23. The second kappa shape index (κ2) is 8.04. The van der Waals surface area contributed by atoms with Crippen LogP contribution >= 0.6 is 0 Å². The van der Waals surface area contributed by atoms with Crippen LogP contribution in [0.25, 0.3) is 0 Å². The number of anilines is 1. The molecule has 0 fully saturated rings. The largest absolute Gasteiger partial charge is 0.457 e. The van der Waals surface area contributed by atoms with E-state index in [4.69, 9.17) is 20.4 Å². The van der Waals surface area contributed by atoms with E-state index < -0.39 is 11.8 Å². The Morgan fingerprint density at radius 1 is 1.00 bits per heavy atom. The lowest BCUT2D eigenvalue weighted by Gasteiger charge is -2.13. The van der Waals surface area contributed by atoms with Gasteiger partial charge < -0.3 is 15.2 Å². The maximum atomic E-state index is 12.1. The number of hydrogen-bond acceptors (Lipinski definition) is 7. The highest BCUT2D eigenvalue weighted by molar-refractivity contribution is 6.17. The molecule has 0 saturated carbocycles. The number of hydrogen-bond donors (Lipinski definition) is 2. The van der Waals surface area contributed by atoms with E-state index >= 15 is 0 Å². The van der Waals surface area contributed by atoms with Gasteiger partial charge in [-0.05, 0) is 42.5 Å². The fourth-order valence-electron chi connectivity index (χ4n) is 2.58. The van der Waals surface area contributed by atoms with Crippen LogP contribution in [0, 0.1) is 22.7 Å². The van der Waals surface area contributed by atoms with Gasteiger partial charge in [0.2, 0.25) is 0 Å². The van der Waals surface area contributed by atoms with Crippen LogP contribution in [-0.4, -0.2) is 35.0 Å². The predicted molar refractivity (Wildman–Crippen MR) is 97.9 cm³/mol. The van der Waals surface area contributed by atoms with Gasteiger partial charge in [0.15, 0.2) is 0 Å². The second-order valence-electron chi connectivity index (χ2n) is 5.76. The minimum atomic E-state index is -0.499. The van der Waals surface area contributed by atoms with Crippen molar-refractivity contribution in [2.24, 2.45) is 0 Å². The number of amides is 2. The highest BCUT2D eigenvalue weighted by Gasteiger charge is 2.30. The Morgan fingerprint density at radius 2 is 1.68 bits per heavy atom. The van der Waals surface area contributed by atoms with E-state index in [0.29, 0.717) is 17.2 Å². The minimum absolute atomic E-state index is 0.0542. The lowest BCUT2D eigenvalue weighted by atomic mass is 10.1. The van der Waals surface area contributed by atoms with E-state index in [1.807, 2.05) is 12.1 Å². The Balaban J connectivity index is 1.69. The molecule has 8 nitrogen and oxygen atoms in total. The van der Waals surface area contributed by atoms with E-state index in [2.05, 4.69) is 5.32 Å². The molecule has 28 heavy (non-hydrogen) atoms. The first-order valence-corrected chi connectivity index (χ1v) is 8.23. The van der Waals surface area contributed by atoms with Crippen molar-refractivity contribution in [1.82, 2.24) is 4.90 Å². The molecule has 138 valence electrons. The first kappa shape index (κ1) is 18.6. The third kappa shape index (κ3) is 3.83. The molecule has 0 aliphatic carbocycles. The van der Waals surface area contributed by atoms with Gasteiger partial charge in [-0.3, -0.25) is 14.5 Å². The van der Waals surface area contributed by atoms with Crippen LogP contribution in [0.3, 0.4) is 0 Å². The summed E-state index contributed by atoms with van der Waals surface area (Å²) in [6, 6.07) is 15.1. The van der Waals surface area contributed by atoms with Gasteiger partial charge in [-0.1, -0.05) is 0 Å². The molecule has 0 aromatic heterocycles. The molecule has 2 aromatic rings. The van der Waals surface area contributed by atoms with Gasteiger partial charge in [0, 0.05) is 11.8 Å². The highest BCUT2D eigenvalue weighted by Crippen LogP contribution is 2.26. The van der Waals surface area contributed by atoms with Gasteiger partial charge in [0.05, 0.1) is 24.3 Å². The topological polar surface area (TPSA) is 126 Å². The summed E-state index contributed by atoms with van der Waals surface area (Å²) in [6.07, 6.45) is 1.18. The average molecular weight is 374 g/mol. The summed E-state index contributed by atoms with van der Waals surface area (Å²) in [5.74, 6) is -0.0735. The monoisotopic (exact) mass is 374 g/mol. The number of imide groups is 1. The maximum absolute atomic E-state index is 12.1. The van der Waals surface area contributed by atoms with Crippen LogP contribution in [0.1, 0.15) is 11.1 Å². The van der Waals surface area contributed by atoms with E-state index in [1.165, 1.54) is 18.2 Å². The summed E-state index contributed by atoms with van der Waals surface area (Å²) in [5.41, 5.74) is 1.19. The molecule has 1 aliphatic rings. The van der Waals surface area contributed by atoms with Crippen LogP contribution < -0.4 is 10.1 Å². The molecule has 0 unspecified atom stereocenters. The maximum Gasteiger partial charge on any atom is 0.277 e. The third-order valence-corrected chi connectivity index (χ3v) is 3.93. The molecule has 0 spiro atoms. The molecule has 1 aliphatic heterocycles. The SMILES string of the molecule is N#Cc1ccc(Oc2ccc(NC3=CC(=O)N(CCO)C3=O)cc2)cc1C#N. The molecular formula is C20H14N4O4. The van der Waals surface area contributed by atoms with Crippen molar-refractivity contribution in [3.8, 4) is 23.6 Å². The number of benzene rings is 2. The Hall–Kier alpha value is -4.14. The molecule has 0 saturated heterocycles. The number of carbonyl (C=O) groups is 2. The van der Waals surface area contributed by atoms with Gasteiger partial charge in [0.1, 0.15) is 29.3 Å². The van der Waals surface area contributed by atoms with Crippen LogP contribution in [0.5, 0.6) is 11.5 Å². The Labute approximate surface area is 160 Å². The zero-order valence-corrected chi connectivity index (χ0v) is 14.5. The normalized spacial score (nSPS) is 13.0. The van der Waals surface area contributed by atoms with Gasteiger partial charge in [-0.2, -0.15) is 10.5 Å². The molecule has 0 bridgehead atoms. The van der Waals surface area contributed by atoms with E-state index in [0.717, 1.165) is 4.90 Å². The lowest BCUT2D eigenvalue weighted by molar-refractivity contribution is -0.137. The minimum Gasteiger partial charge on any atom is -0.457 e. The van der Waals surface area contributed by atoms with Gasteiger partial charge in [0.25, 0.3) is 11.8 Å². The summed E-state index contributed by atoms with van der Waals surface area (Å²) in [4.78, 5) is 24.8. The fraction of sp³-hybridized carbons (Fsp3) is 0.100. The molecule has 1 heterocycles. The molecule has 2 aromatic carbocycles. The lowest BCUT2D eigenvalue weighted by Crippen LogP contribution is -2.34. The Kier molecular flexibility index (Phi) is 5.35. The Bertz CT molecular complexity index is 1050. The van der Waals surface area contributed by atoms with Crippen molar-refractivity contribution in [3.05, 3.63) is 65.4 Å². The van der Waals surface area contributed by atoms with E-state index in [1.54, 1.807) is 30.3 Å². The summed E-state index contributed by atoms with van der Waals surface area (Å²) >= 11 is 0. The van der Waals surface area contributed by atoms with Gasteiger partial charge in [-0.15, -0.1) is 0 Å². The Morgan fingerprint density at radius 3 is 2.32 bits per heavy atom. The molecule has 0 radical (unpaired) electrons.